The molecule has 2 heterocycles. The zero-order chi connectivity index (χ0) is 15.4. The number of nitrogens with one attached hydrogen (secondary N) is 1. The van der Waals surface area contributed by atoms with Crippen molar-refractivity contribution in [3.63, 3.8) is 0 Å². The van der Waals surface area contributed by atoms with Crippen LogP contribution in [0.3, 0.4) is 0 Å². The topological polar surface area (TPSA) is 83.3 Å². The van der Waals surface area contributed by atoms with Crippen molar-refractivity contribution in [2.24, 2.45) is 0 Å². The molecule has 110 valence electrons. The maximum absolute atomic E-state index is 12.0. The first-order valence-corrected chi connectivity index (χ1v) is 7.74. The summed E-state index contributed by atoms with van der Waals surface area (Å²) < 4.78 is 1.23. The lowest BCUT2D eigenvalue weighted by atomic mass is 10.1. The number of hydrogen-bond acceptors (Lipinski definition) is 5. The lowest BCUT2D eigenvalue weighted by Gasteiger charge is -2.04. The van der Waals surface area contributed by atoms with Crippen molar-refractivity contribution >= 4 is 17.5 Å². The number of thioether (sulfide) groups is 1. The molecule has 0 spiro atoms. The van der Waals surface area contributed by atoms with Crippen LogP contribution >= 0.6 is 11.8 Å². The van der Waals surface area contributed by atoms with E-state index in [1.165, 1.54) is 16.3 Å². The molecule has 7 heteroatoms. The second-order valence-corrected chi connectivity index (χ2v) is 4.63. The Morgan fingerprint density at radius 2 is 1.90 bits per heavy atom. The number of rotatable bonds is 2. The highest BCUT2D eigenvalue weighted by molar-refractivity contribution is 7.98. The SMILES string of the molecule is CC.CSc1nc2[nH]c(=O)c(-c3ccccc3)c(O)n2n1. The molecule has 0 aliphatic rings. The molecule has 0 atom stereocenters. The van der Waals surface area contributed by atoms with Gasteiger partial charge in [0.1, 0.15) is 5.56 Å². The molecular formula is C14H16N4O2S. The normalized spacial score (nSPS) is 10.2. The molecule has 1 aromatic carbocycles. The molecule has 0 bridgehead atoms. The first kappa shape index (κ1) is 15.1. The second kappa shape index (κ2) is 6.45. The van der Waals surface area contributed by atoms with Gasteiger partial charge in [0.05, 0.1) is 0 Å². The van der Waals surface area contributed by atoms with Crippen molar-refractivity contribution in [1.82, 2.24) is 19.6 Å². The van der Waals surface area contributed by atoms with Gasteiger partial charge in [0, 0.05) is 0 Å². The average molecular weight is 304 g/mol. The van der Waals surface area contributed by atoms with E-state index in [9.17, 15) is 9.90 Å². The quantitative estimate of drug-likeness (QED) is 0.711. The van der Waals surface area contributed by atoms with Gasteiger partial charge in [-0.1, -0.05) is 55.9 Å². The van der Waals surface area contributed by atoms with Crippen molar-refractivity contribution in [3.8, 4) is 17.0 Å². The van der Waals surface area contributed by atoms with E-state index >= 15 is 0 Å². The highest BCUT2D eigenvalue weighted by Gasteiger charge is 2.16. The molecule has 2 N–H and O–H groups in total. The van der Waals surface area contributed by atoms with Crippen molar-refractivity contribution in [2.45, 2.75) is 19.0 Å². The Hall–Kier alpha value is -2.28. The molecule has 3 aromatic rings. The third-order valence-electron chi connectivity index (χ3n) is 2.71. The number of nitrogens with zero attached hydrogens (tertiary/aromatic N) is 3. The Labute approximate surface area is 125 Å². The molecule has 0 saturated carbocycles. The van der Waals surface area contributed by atoms with E-state index in [0.29, 0.717) is 10.7 Å². The summed E-state index contributed by atoms with van der Waals surface area (Å²) in [4.78, 5) is 18.7. The van der Waals surface area contributed by atoms with Gasteiger partial charge < -0.3 is 5.11 Å². The van der Waals surface area contributed by atoms with Gasteiger partial charge in [-0.2, -0.15) is 9.50 Å². The van der Waals surface area contributed by atoms with Crippen molar-refractivity contribution in [1.29, 1.82) is 0 Å². The number of H-pyrrole nitrogens is 1. The number of benzene rings is 1. The highest BCUT2D eigenvalue weighted by Crippen LogP contribution is 2.25. The molecule has 0 amide bonds. The fourth-order valence-electron chi connectivity index (χ4n) is 1.84. The molecule has 3 rings (SSSR count). The van der Waals surface area contributed by atoms with Crippen LogP contribution in [-0.4, -0.2) is 30.9 Å². The number of aromatic hydroxyl groups is 1. The Balaban J connectivity index is 0.000000774. The summed E-state index contributed by atoms with van der Waals surface area (Å²) in [7, 11) is 0. The molecule has 21 heavy (non-hydrogen) atoms. The van der Waals surface area contributed by atoms with Crippen LogP contribution in [-0.2, 0) is 0 Å². The van der Waals surface area contributed by atoms with Crippen LogP contribution in [0.4, 0.5) is 0 Å². The molecule has 0 saturated heterocycles. The Morgan fingerprint density at radius 1 is 1.24 bits per heavy atom. The standard InChI is InChI=1S/C12H10N4O2S.C2H6/c1-19-12-14-11-13-9(17)8(10(18)16(11)15-12)7-5-3-2-4-6-7;1-2/h2-6,18H,1H3,(H,13,14,15,17);1-2H3. The maximum atomic E-state index is 12.0. The van der Waals surface area contributed by atoms with Crippen molar-refractivity contribution in [3.05, 3.63) is 40.7 Å². The molecular weight excluding hydrogens is 288 g/mol. The fraction of sp³-hybridized carbons (Fsp3) is 0.214. The Morgan fingerprint density at radius 3 is 2.52 bits per heavy atom. The monoisotopic (exact) mass is 304 g/mol. The molecule has 0 unspecified atom stereocenters. The van der Waals surface area contributed by atoms with Crippen LogP contribution in [0.5, 0.6) is 5.88 Å². The first-order chi connectivity index (χ1) is 10.2. The van der Waals surface area contributed by atoms with Gasteiger partial charge >= 0.3 is 0 Å². The third-order valence-corrected chi connectivity index (χ3v) is 3.25. The number of aromatic nitrogens is 4. The minimum Gasteiger partial charge on any atom is -0.493 e. The Bertz CT molecular complexity index is 796. The summed E-state index contributed by atoms with van der Waals surface area (Å²) in [6.45, 7) is 4.00. The van der Waals surface area contributed by atoms with Crippen LogP contribution < -0.4 is 5.56 Å². The smallest absolute Gasteiger partial charge is 0.264 e. The van der Waals surface area contributed by atoms with Crippen LogP contribution in [0.2, 0.25) is 0 Å². The van der Waals surface area contributed by atoms with Crippen molar-refractivity contribution in [2.75, 3.05) is 6.26 Å². The zero-order valence-corrected chi connectivity index (χ0v) is 12.8. The second-order valence-electron chi connectivity index (χ2n) is 3.85. The van der Waals surface area contributed by atoms with E-state index in [1.54, 1.807) is 24.3 Å². The minimum absolute atomic E-state index is 0.186. The third kappa shape index (κ3) is 2.78. The Kier molecular flexibility index (Phi) is 4.64. The number of hydrogen-bond donors (Lipinski definition) is 2. The zero-order valence-electron chi connectivity index (χ0n) is 12.0. The van der Waals surface area contributed by atoms with Crippen LogP contribution in [0.25, 0.3) is 16.9 Å². The van der Waals surface area contributed by atoms with E-state index in [4.69, 9.17) is 0 Å². The highest BCUT2D eigenvalue weighted by atomic mass is 32.2. The molecule has 0 fully saturated rings. The summed E-state index contributed by atoms with van der Waals surface area (Å²) in [5.74, 6) is 0.0179. The van der Waals surface area contributed by atoms with Gasteiger partial charge in [-0.05, 0) is 11.8 Å². The number of aromatic amines is 1. The van der Waals surface area contributed by atoms with E-state index in [-0.39, 0.29) is 17.2 Å². The maximum Gasteiger partial charge on any atom is 0.264 e. The van der Waals surface area contributed by atoms with E-state index in [0.717, 1.165) is 0 Å². The van der Waals surface area contributed by atoms with Crippen molar-refractivity contribution < 1.29 is 5.11 Å². The van der Waals surface area contributed by atoms with Gasteiger partial charge in [0.25, 0.3) is 5.56 Å². The number of fused-ring (bicyclic) bond motifs is 1. The van der Waals surface area contributed by atoms with Gasteiger partial charge in [0.2, 0.25) is 16.8 Å². The first-order valence-electron chi connectivity index (χ1n) is 6.52. The van der Waals surface area contributed by atoms with E-state index in [1.807, 2.05) is 26.2 Å². The molecule has 0 aliphatic heterocycles. The van der Waals surface area contributed by atoms with Crippen LogP contribution in [0.15, 0.2) is 40.3 Å². The van der Waals surface area contributed by atoms with Gasteiger partial charge in [-0.15, -0.1) is 5.10 Å². The summed E-state index contributed by atoms with van der Waals surface area (Å²) in [5, 5.41) is 14.8. The van der Waals surface area contributed by atoms with Gasteiger partial charge in [-0.25, -0.2) is 0 Å². The van der Waals surface area contributed by atoms with Crippen LogP contribution in [0.1, 0.15) is 13.8 Å². The van der Waals surface area contributed by atoms with Gasteiger partial charge in [-0.3, -0.25) is 9.78 Å². The van der Waals surface area contributed by atoms with E-state index < -0.39 is 5.56 Å². The predicted octanol–water partition coefficient (Wildman–Crippen LogP) is 2.54. The summed E-state index contributed by atoms with van der Waals surface area (Å²) in [5.41, 5.74) is 0.422. The largest absolute Gasteiger partial charge is 0.493 e. The molecule has 0 aliphatic carbocycles. The predicted molar refractivity (Wildman–Crippen MR) is 83.8 cm³/mol. The summed E-state index contributed by atoms with van der Waals surface area (Å²) in [6, 6.07) is 8.94. The summed E-state index contributed by atoms with van der Waals surface area (Å²) >= 11 is 1.33. The molecule has 6 nitrogen and oxygen atoms in total. The minimum atomic E-state index is -0.392. The van der Waals surface area contributed by atoms with Crippen LogP contribution in [0, 0.1) is 0 Å². The average Bonchev–Trinajstić information content (AvgIpc) is 2.94. The summed E-state index contributed by atoms with van der Waals surface area (Å²) in [6.07, 6.45) is 1.82. The van der Waals surface area contributed by atoms with E-state index in [2.05, 4.69) is 15.1 Å². The van der Waals surface area contributed by atoms with Gasteiger partial charge in [0.15, 0.2) is 0 Å². The molecule has 2 aromatic heterocycles. The lowest BCUT2D eigenvalue weighted by Crippen LogP contribution is -2.12. The molecule has 0 radical (unpaired) electrons. The lowest BCUT2D eigenvalue weighted by molar-refractivity contribution is 0.435. The fourth-order valence-corrected chi connectivity index (χ4v) is 2.19.